The first-order chi connectivity index (χ1) is 8.44. The topological polar surface area (TPSA) is 15.3 Å². The zero-order valence-corrected chi connectivity index (χ0v) is 12.2. The lowest BCUT2D eigenvalue weighted by Crippen LogP contribution is -2.32. The maximum absolute atomic E-state index is 3.50. The molecule has 2 heteroatoms. The number of nitrogens with zero attached hydrogens (tertiary/aromatic N) is 1. The summed E-state index contributed by atoms with van der Waals surface area (Å²) in [5.74, 6) is 0.892. The van der Waals surface area contributed by atoms with Gasteiger partial charge < -0.3 is 10.2 Å². The van der Waals surface area contributed by atoms with E-state index in [1.54, 1.807) is 0 Å². The summed E-state index contributed by atoms with van der Waals surface area (Å²) < 4.78 is 0. The fourth-order valence-electron chi connectivity index (χ4n) is 2.46. The molecule has 1 N–H and O–H groups in total. The molecular weight excluding hydrogens is 220 g/mol. The molecule has 0 radical (unpaired) electrons. The van der Waals surface area contributed by atoms with E-state index in [-0.39, 0.29) is 5.54 Å². The van der Waals surface area contributed by atoms with Gasteiger partial charge in [-0.05, 0) is 63.8 Å². The average Bonchev–Trinajstić information content (AvgIpc) is 2.29. The SMILES string of the molecule is CC1CCN(c2ccc(NC(C)(C)C)cc2)CC1. The molecule has 1 aliphatic rings. The summed E-state index contributed by atoms with van der Waals surface area (Å²) in [6.45, 7) is 11.3. The minimum Gasteiger partial charge on any atom is -0.380 e. The van der Waals surface area contributed by atoms with Gasteiger partial charge in [0.15, 0.2) is 0 Å². The summed E-state index contributed by atoms with van der Waals surface area (Å²) in [6.07, 6.45) is 2.64. The van der Waals surface area contributed by atoms with Crippen molar-refractivity contribution in [1.82, 2.24) is 0 Å². The van der Waals surface area contributed by atoms with Gasteiger partial charge in [-0.25, -0.2) is 0 Å². The third kappa shape index (κ3) is 3.66. The van der Waals surface area contributed by atoms with Crippen LogP contribution in [0.2, 0.25) is 0 Å². The Morgan fingerprint density at radius 2 is 1.61 bits per heavy atom. The predicted octanol–water partition coefficient (Wildman–Crippen LogP) is 4.13. The first kappa shape index (κ1) is 13.3. The monoisotopic (exact) mass is 246 g/mol. The molecular formula is C16H26N2. The Balaban J connectivity index is 1.99. The van der Waals surface area contributed by atoms with Crippen LogP contribution in [0.25, 0.3) is 0 Å². The van der Waals surface area contributed by atoms with Gasteiger partial charge in [0.2, 0.25) is 0 Å². The van der Waals surface area contributed by atoms with E-state index in [4.69, 9.17) is 0 Å². The zero-order valence-electron chi connectivity index (χ0n) is 12.2. The van der Waals surface area contributed by atoms with E-state index < -0.39 is 0 Å². The molecule has 0 unspecified atom stereocenters. The van der Waals surface area contributed by atoms with Crippen LogP contribution >= 0.6 is 0 Å². The first-order valence-electron chi connectivity index (χ1n) is 7.07. The number of piperidine rings is 1. The molecule has 0 bridgehead atoms. The minimum absolute atomic E-state index is 0.127. The molecule has 0 aliphatic carbocycles. The second-order valence-electron chi connectivity index (χ2n) is 6.59. The predicted molar refractivity (Wildman–Crippen MR) is 80.4 cm³/mol. The molecule has 18 heavy (non-hydrogen) atoms. The molecule has 2 nitrogen and oxygen atoms in total. The fraction of sp³-hybridized carbons (Fsp3) is 0.625. The van der Waals surface area contributed by atoms with Gasteiger partial charge in [-0.1, -0.05) is 6.92 Å². The van der Waals surface area contributed by atoms with Gasteiger partial charge in [0, 0.05) is 30.0 Å². The lowest BCUT2D eigenvalue weighted by Gasteiger charge is -2.32. The molecule has 0 amide bonds. The molecule has 0 saturated carbocycles. The van der Waals surface area contributed by atoms with E-state index >= 15 is 0 Å². The van der Waals surface area contributed by atoms with Crippen molar-refractivity contribution in [1.29, 1.82) is 0 Å². The van der Waals surface area contributed by atoms with E-state index in [9.17, 15) is 0 Å². The van der Waals surface area contributed by atoms with E-state index in [1.807, 2.05) is 0 Å². The van der Waals surface area contributed by atoms with Gasteiger partial charge >= 0.3 is 0 Å². The summed E-state index contributed by atoms with van der Waals surface area (Å²) in [4.78, 5) is 2.50. The number of nitrogens with one attached hydrogen (secondary N) is 1. The Morgan fingerprint density at radius 3 is 2.11 bits per heavy atom. The van der Waals surface area contributed by atoms with Crippen molar-refractivity contribution < 1.29 is 0 Å². The molecule has 0 atom stereocenters. The van der Waals surface area contributed by atoms with Gasteiger partial charge in [0.25, 0.3) is 0 Å². The zero-order chi connectivity index (χ0) is 13.2. The molecule has 1 fully saturated rings. The van der Waals surface area contributed by atoms with Crippen molar-refractivity contribution in [2.45, 2.75) is 46.1 Å². The Morgan fingerprint density at radius 1 is 1.06 bits per heavy atom. The van der Waals surface area contributed by atoms with Crippen molar-refractivity contribution in [3.63, 3.8) is 0 Å². The van der Waals surface area contributed by atoms with Crippen molar-refractivity contribution in [2.75, 3.05) is 23.3 Å². The van der Waals surface area contributed by atoms with E-state index in [1.165, 1.54) is 37.3 Å². The normalized spacial score (nSPS) is 17.9. The summed E-state index contributed by atoms with van der Waals surface area (Å²) in [6, 6.07) is 8.87. The lowest BCUT2D eigenvalue weighted by atomic mass is 9.99. The Kier molecular flexibility index (Phi) is 3.84. The number of hydrogen-bond donors (Lipinski definition) is 1. The first-order valence-corrected chi connectivity index (χ1v) is 7.07. The quantitative estimate of drug-likeness (QED) is 0.844. The second kappa shape index (κ2) is 5.21. The van der Waals surface area contributed by atoms with Crippen LogP contribution in [0.15, 0.2) is 24.3 Å². The standard InChI is InChI=1S/C16H26N2/c1-13-9-11-18(12-10-13)15-7-5-14(6-8-15)17-16(2,3)4/h5-8,13,17H,9-12H2,1-4H3. The van der Waals surface area contributed by atoms with Crippen LogP contribution in [-0.4, -0.2) is 18.6 Å². The smallest absolute Gasteiger partial charge is 0.0367 e. The molecule has 100 valence electrons. The van der Waals surface area contributed by atoms with Crippen LogP contribution in [-0.2, 0) is 0 Å². The third-order valence-corrected chi connectivity index (χ3v) is 3.54. The average molecular weight is 246 g/mol. The highest BCUT2D eigenvalue weighted by atomic mass is 15.1. The van der Waals surface area contributed by atoms with E-state index in [2.05, 4.69) is 62.2 Å². The summed E-state index contributed by atoms with van der Waals surface area (Å²) in [7, 11) is 0. The fourth-order valence-corrected chi connectivity index (χ4v) is 2.46. The maximum atomic E-state index is 3.50. The largest absolute Gasteiger partial charge is 0.380 e. The molecule has 1 aromatic carbocycles. The number of rotatable bonds is 2. The highest BCUT2D eigenvalue weighted by Crippen LogP contribution is 2.25. The second-order valence-corrected chi connectivity index (χ2v) is 6.59. The summed E-state index contributed by atoms with van der Waals surface area (Å²) in [5.41, 5.74) is 2.69. The van der Waals surface area contributed by atoms with Gasteiger partial charge in [-0.3, -0.25) is 0 Å². The number of benzene rings is 1. The van der Waals surface area contributed by atoms with Gasteiger partial charge in [-0.15, -0.1) is 0 Å². The van der Waals surface area contributed by atoms with Crippen molar-refractivity contribution in [2.24, 2.45) is 5.92 Å². The molecule has 1 aliphatic heterocycles. The molecule has 1 saturated heterocycles. The Hall–Kier alpha value is -1.18. The molecule has 0 spiro atoms. The van der Waals surface area contributed by atoms with Crippen LogP contribution in [0, 0.1) is 5.92 Å². The molecule has 2 rings (SSSR count). The Bertz CT molecular complexity index is 367. The van der Waals surface area contributed by atoms with Crippen LogP contribution in [0.3, 0.4) is 0 Å². The summed E-state index contributed by atoms with van der Waals surface area (Å²) >= 11 is 0. The highest BCUT2D eigenvalue weighted by molar-refractivity contribution is 5.56. The van der Waals surface area contributed by atoms with Crippen LogP contribution in [0.5, 0.6) is 0 Å². The van der Waals surface area contributed by atoms with Crippen molar-refractivity contribution in [3.8, 4) is 0 Å². The van der Waals surface area contributed by atoms with E-state index in [0.29, 0.717) is 0 Å². The van der Waals surface area contributed by atoms with E-state index in [0.717, 1.165) is 5.92 Å². The van der Waals surface area contributed by atoms with Gasteiger partial charge in [-0.2, -0.15) is 0 Å². The van der Waals surface area contributed by atoms with Crippen molar-refractivity contribution in [3.05, 3.63) is 24.3 Å². The Labute approximate surface area is 111 Å². The van der Waals surface area contributed by atoms with Crippen molar-refractivity contribution >= 4 is 11.4 Å². The number of anilines is 2. The third-order valence-electron chi connectivity index (χ3n) is 3.54. The molecule has 1 aromatic rings. The van der Waals surface area contributed by atoms with Crippen LogP contribution < -0.4 is 10.2 Å². The minimum atomic E-state index is 0.127. The lowest BCUT2D eigenvalue weighted by molar-refractivity contribution is 0.438. The molecule has 1 heterocycles. The summed E-state index contributed by atoms with van der Waals surface area (Å²) in [5, 5.41) is 3.50. The van der Waals surface area contributed by atoms with Gasteiger partial charge in [0.05, 0.1) is 0 Å². The van der Waals surface area contributed by atoms with Crippen LogP contribution in [0.1, 0.15) is 40.5 Å². The highest BCUT2D eigenvalue weighted by Gasteiger charge is 2.16. The van der Waals surface area contributed by atoms with Gasteiger partial charge in [0.1, 0.15) is 0 Å². The number of hydrogen-bond acceptors (Lipinski definition) is 2. The maximum Gasteiger partial charge on any atom is 0.0367 e. The molecule has 0 aromatic heterocycles. The van der Waals surface area contributed by atoms with Crippen LogP contribution in [0.4, 0.5) is 11.4 Å².